The van der Waals surface area contributed by atoms with Gasteiger partial charge in [-0.05, 0) is 70.1 Å². The number of carbonyl (C=O) groups excluding carboxylic acids is 2. The van der Waals surface area contributed by atoms with Crippen molar-refractivity contribution in [3.8, 4) is 5.75 Å². The lowest BCUT2D eigenvalue weighted by molar-refractivity contribution is -0.123. The van der Waals surface area contributed by atoms with Crippen molar-refractivity contribution in [3.05, 3.63) is 57.4 Å². The van der Waals surface area contributed by atoms with E-state index in [0.717, 1.165) is 39.2 Å². The van der Waals surface area contributed by atoms with Gasteiger partial charge in [-0.15, -0.1) is 0 Å². The molecule has 1 fully saturated rings. The fourth-order valence-electron chi connectivity index (χ4n) is 4.52. The summed E-state index contributed by atoms with van der Waals surface area (Å²) in [7, 11) is 1.62. The Balaban J connectivity index is 1.57. The predicted octanol–water partition coefficient (Wildman–Crippen LogP) is 5.88. The molecule has 2 aromatic carbocycles. The molecule has 1 heterocycles. The quantitative estimate of drug-likeness (QED) is 0.492. The Morgan fingerprint density at radius 3 is 2.79 bits per heavy atom. The Kier molecular flexibility index (Phi) is 7.49. The van der Waals surface area contributed by atoms with E-state index in [0.29, 0.717) is 16.7 Å². The summed E-state index contributed by atoms with van der Waals surface area (Å²) < 4.78 is 6.12. The molecule has 0 unspecified atom stereocenters. The highest BCUT2D eigenvalue weighted by molar-refractivity contribution is 9.10. The number of nitrogens with one attached hydrogen (secondary N) is 1. The van der Waals surface area contributed by atoms with Crippen LogP contribution in [0.15, 0.2) is 56.7 Å². The summed E-state index contributed by atoms with van der Waals surface area (Å²) in [5.74, 6) is 1.49. The topological polar surface area (TPSA) is 58.6 Å². The zero-order valence-corrected chi connectivity index (χ0v) is 21.5. The number of halogens is 1. The van der Waals surface area contributed by atoms with Gasteiger partial charge in [0.1, 0.15) is 12.3 Å². The van der Waals surface area contributed by atoms with E-state index in [1.54, 1.807) is 12.0 Å². The average molecular weight is 530 g/mol. The number of para-hydroxylation sites is 1. The van der Waals surface area contributed by atoms with E-state index < -0.39 is 0 Å². The van der Waals surface area contributed by atoms with Crippen molar-refractivity contribution in [2.75, 3.05) is 18.6 Å². The summed E-state index contributed by atoms with van der Waals surface area (Å²) in [6.07, 6.45) is 5.19. The lowest BCUT2D eigenvalue weighted by Crippen LogP contribution is -2.49. The first-order valence-electron chi connectivity index (χ1n) is 11.3. The maximum absolute atomic E-state index is 13.5. The summed E-state index contributed by atoms with van der Waals surface area (Å²) in [6.45, 7) is 4.47. The summed E-state index contributed by atoms with van der Waals surface area (Å²) in [5.41, 5.74) is 1.66. The Hall–Kier alpha value is -2.25. The molecule has 1 aliphatic heterocycles. The van der Waals surface area contributed by atoms with Crippen molar-refractivity contribution >= 4 is 51.3 Å². The van der Waals surface area contributed by atoms with Gasteiger partial charge in [0.2, 0.25) is 5.91 Å². The van der Waals surface area contributed by atoms with Gasteiger partial charge in [-0.2, -0.15) is 0 Å². The Morgan fingerprint density at radius 1 is 1.24 bits per heavy atom. The maximum atomic E-state index is 13.5. The van der Waals surface area contributed by atoms with Crippen molar-refractivity contribution < 1.29 is 14.3 Å². The molecule has 0 bridgehead atoms. The van der Waals surface area contributed by atoms with Gasteiger partial charge in [0.25, 0.3) is 5.91 Å². The molecule has 2 aromatic rings. The van der Waals surface area contributed by atoms with Crippen molar-refractivity contribution in [2.24, 2.45) is 11.8 Å². The van der Waals surface area contributed by atoms with Crippen LogP contribution in [0, 0.1) is 11.8 Å². The normalized spacial score (nSPS) is 23.9. The number of anilines is 1. The van der Waals surface area contributed by atoms with E-state index in [1.807, 2.05) is 48.5 Å². The number of amides is 2. The molecule has 3 atom stereocenters. The molecule has 2 aliphatic rings. The average Bonchev–Trinajstić information content (AvgIpc) is 2.80. The lowest BCUT2D eigenvalue weighted by Gasteiger charge is -2.35. The SMILES string of the molecule is COc1ccc(/C=C2/Sc3ccccc3N(CC(=O)N[C@@H]3CCC[C@H](C)[C@H]3C)C2=O)cc1Br. The standard InChI is InChI=1S/C26H29BrN2O3S/c1-16-7-6-8-20(17(16)2)28-25(30)15-29-21-9-4-5-10-23(21)33-24(26(29)31)14-18-11-12-22(32-3)19(27)13-18/h4-5,9-14,16-17,20H,6-8,15H2,1-3H3,(H,28,30)/b24-14+/t16-,17+,20+/m0/s1. The van der Waals surface area contributed by atoms with Gasteiger partial charge in [-0.1, -0.05) is 56.7 Å². The minimum absolute atomic E-state index is 0.0116. The van der Waals surface area contributed by atoms with Gasteiger partial charge in [0, 0.05) is 10.9 Å². The minimum atomic E-state index is -0.161. The van der Waals surface area contributed by atoms with Gasteiger partial charge < -0.3 is 10.1 Å². The second kappa shape index (κ2) is 10.3. The lowest BCUT2D eigenvalue weighted by atomic mass is 9.78. The number of carbonyl (C=O) groups is 2. The smallest absolute Gasteiger partial charge is 0.265 e. The first-order chi connectivity index (χ1) is 15.9. The Morgan fingerprint density at radius 2 is 2.03 bits per heavy atom. The first-order valence-corrected chi connectivity index (χ1v) is 12.9. The van der Waals surface area contributed by atoms with E-state index in [4.69, 9.17) is 4.74 Å². The van der Waals surface area contributed by atoms with Gasteiger partial charge in [-0.3, -0.25) is 14.5 Å². The van der Waals surface area contributed by atoms with E-state index in [2.05, 4.69) is 35.1 Å². The second-order valence-electron chi connectivity index (χ2n) is 8.80. The van der Waals surface area contributed by atoms with E-state index >= 15 is 0 Å². The summed E-state index contributed by atoms with van der Waals surface area (Å²) in [5, 5.41) is 3.20. The van der Waals surface area contributed by atoms with Gasteiger partial charge in [-0.25, -0.2) is 0 Å². The van der Waals surface area contributed by atoms with Crippen LogP contribution in [0.25, 0.3) is 6.08 Å². The predicted molar refractivity (Wildman–Crippen MR) is 137 cm³/mol. The highest BCUT2D eigenvalue weighted by Gasteiger charge is 2.32. The zero-order chi connectivity index (χ0) is 23.5. The maximum Gasteiger partial charge on any atom is 0.265 e. The number of thioether (sulfide) groups is 1. The van der Waals surface area contributed by atoms with Crippen LogP contribution in [-0.4, -0.2) is 31.5 Å². The molecule has 33 heavy (non-hydrogen) atoms. The number of hydrogen-bond donors (Lipinski definition) is 1. The molecule has 0 aromatic heterocycles. The minimum Gasteiger partial charge on any atom is -0.496 e. The van der Waals surface area contributed by atoms with Crippen LogP contribution < -0.4 is 15.0 Å². The highest BCUT2D eigenvalue weighted by Crippen LogP contribution is 2.42. The molecule has 4 rings (SSSR count). The summed E-state index contributed by atoms with van der Waals surface area (Å²) in [4.78, 5) is 29.6. The van der Waals surface area contributed by atoms with Crippen molar-refractivity contribution in [1.82, 2.24) is 5.32 Å². The molecule has 0 spiro atoms. The largest absolute Gasteiger partial charge is 0.496 e. The van der Waals surface area contributed by atoms with Gasteiger partial charge in [0.15, 0.2) is 0 Å². The first kappa shape index (κ1) is 23.9. The second-order valence-corrected chi connectivity index (χ2v) is 10.7. The molecule has 174 valence electrons. The molecule has 2 amide bonds. The summed E-state index contributed by atoms with van der Waals surface area (Å²) in [6, 6.07) is 13.6. The van der Waals surface area contributed by atoms with Gasteiger partial charge in [0.05, 0.1) is 22.2 Å². The Bertz CT molecular complexity index is 1090. The molecular formula is C26H29BrN2O3S. The molecule has 0 saturated heterocycles. The van der Waals surface area contributed by atoms with Crippen LogP contribution in [0.1, 0.15) is 38.7 Å². The van der Waals surface area contributed by atoms with E-state index in [1.165, 1.54) is 18.2 Å². The molecule has 5 nitrogen and oxygen atoms in total. The Labute approximate surface area is 208 Å². The number of nitrogens with zero attached hydrogens (tertiary/aromatic N) is 1. The third-order valence-electron chi connectivity index (χ3n) is 6.66. The van der Waals surface area contributed by atoms with Crippen LogP contribution in [0.5, 0.6) is 5.75 Å². The third-order valence-corrected chi connectivity index (χ3v) is 8.36. The van der Waals surface area contributed by atoms with Crippen LogP contribution in [0.3, 0.4) is 0 Å². The van der Waals surface area contributed by atoms with Crippen molar-refractivity contribution in [3.63, 3.8) is 0 Å². The highest BCUT2D eigenvalue weighted by atomic mass is 79.9. The monoisotopic (exact) mass is 528 g/mol. The number of benzene rings is 2. The molecular weight excluding hydrogens is 500 g/mol. The van der Waals surface area contributed by atoms with Crippen LogP contribution in [0.4, 0.5) is 5.69 Å². The number of fused-ring (bicyclic) bond motifs is 1. The van der Waals surface area contributed by atoms with Crippen molar-refractivity contribution in [2.45, 2.75) is 44.0 Å². The zero-order valence-electron chi connectivity index (χ0n) is 19.1. The third kappa shape index (κ3) is 5.30. The number of methoxy groups -OCH3 is 1. The number of rotatable bonds is 5. The summed E-state index contributed by atoms with van der Waals surface area (Å²) >= 11 is 4.94. The number of hydrogen-bond acceptors (Lipinski definition) is 4. The van der Waals surface area contributed by atoms with Crippen LogP contribution in [-0.2, 0) is 9.59 Å². The molecule has 1 saturated carbocycles. The van der Waals surface area contributed by atoms with E-state index in [-0.39, 0.29) is 24.4 Å². The van der Waals surface area contributed by atoms with Crippen LogP contribution >= 0.6 is 27.7 Å². The fraction of sp³-hybridized carbons (Fsp3) is 0.385. The molecule has 1 N–H and O–H groups in total. The van der Waals surface area contributed by atoms with Crippen LogP contribution in [0.2, 0.25) is 0 Å². The fourth-order valence-corrected chi connectivity index (χ4v) is 6.14. The van der Waals surface area contributed by atoms with E-state index in [9.17, 15) is 9.59 Å². The van der Waals surface area contributed by atoms with Gasteiger partial charge >= 0.3 is 0 Å². The molecule has 0 radical (unpaired) electrons. The molecule has 1 aliphatic carbocycles. The molecule has 7 heteroatoms. The number of ether oxygens (including phenoxy) is 1. The van der Waals surface area contributed by atoms with Crippen molar-refractivity contribution in [1.29, 1.82) is 0 Å².